The van der Waals surface area contributed by atoms with Crippen molar-refractivity contribution in [3.63, 3.8) is 0 Å². The van der Waals surface area contributed by atoms with Gasteiger partial charge in [-0.3, -0.25) is 4.79 Å². The van der Waals surface area contributed by atoms with Gasteiger partial charge in [0.25, 0.3) is 5.91 Å². The van der Waals surface area contributed by atoms with E-state index in [-0.39, 0.29) is 5.91 Å². The highest BCUT2D eigenvalue weighted by Gasteiger charge is 2.24. The number of β-amino-alcohol motifs (C(OH)–C–C–N with tert-alkyl or cyclic N) is 1. The molecule has 2 aromatic rings. The molecular weight excluding hydrogens is 304 g/mol. The van der Waals surface area contributed by atoms with Crippen LogP contribution in [0.15, 0.2) is 30.5 Å². The average Bonchev–Trinajstić information content (AvgIpc) is 2.97. The van der Waals surface area contributed by atoms with Crippen molar-refractivity contribution in [3.05, 3.63) is 46.7 Å². The number of likely N-dealkylation sites (tertiary alicyclic amines) is 1. The second kappa shape index (κ2) is 6.46. The molecule has 3 rings (SSSR count). The Balaban J connectivity index is 1.71. The van der Waals surface area contributed by atoms with Gasteiger partial charge in [-0.2, -0.15) is 0 Å². The van der Waals surface area contributed by atoms with E-state index in [2.05, 4.69) is 10.3 Å². The molecule has 1 atom stereocenters. The minimum Gasteiger partial charge on any atom is -0.391 e. The molecule has 0 bridgehead atoms. The summed E-state index contributed by atoms with van der Waals surface area (Å²) in [5.41, 5.74) is 1.21. The first-order valence-electron chi connectivity index (χ1n) is 7.24. The number of aliphatic hydroxyl groups is 1. The molecule has 22 heavy (non-hydrogen) atoms. The van der Waals surface area contributed by atoms with Gasteiger partial charge in [-0.1, -0.05) is 35.0 Å². The minimum absolute atomic E-state index is 0.191. The van der Waals surface area contributed by atoms with Crippen LogP contribution in [0.1, 0.15) is 28.9 Å². The smallest absolute Gasteiger partial charge is 0.276 e. The summed E-state index contributed by atoms with van der Waals surface area (Å²) in [6.45, 7) is 1.46. The fraction of sp³-hybridized carbons (Fsp3) is 0.400. The topological polar surface area (TPSA) is 71.2 Å². The normalized spacial score (nSPS) is 18.5. The van der Waals surface area contributed by atoms with E-state index in [1.807, 2.05) is 24.3 Å². The summed E-state index contributed by atoms with van der Waals surface area (Å²) in [5, 5.41) is 18.2. The third-order valence-corrected chi connectivity index (χ3v) is 4.10. The van der Waals surface area contributed by atoms with Crippen molar-refractivity contribution < 1.29 is 9.90 Å². The highest BCUT2D eigenvalue weighted by molar-refractivity contribution is 6.31. The lowest BCUT2D eigenvalue weighted by atomic mass is 10.1. The molecule has 2 heterocycles. The van der Waals surface area contributed by atoms with Crippen LogP contribution in [0.4, 0.5) is 0 Å². The van der Waals surface area contributed by atoms with E-state index in [9.17, 15) is 9.90 Å². The van der Waals surface area contributed by atoms with Crippen LogP contribution in [0.3, 0.4) is 0 Å². The molecule has 1 saturated heterocycles. The molecule has 0 radical (unpaired) electrons. The van der Waals surface area contributed by atoms with Crippen LogP contribution in [0.2, 0.25) is 5.02 Å². The molecule has 116 valence electrons. The fourth-order valence-electron chi connectivity index (χ4n) is 2.58. The zero-order chi connectivity index (χ0) is 15.5. The molecular formula is C15H17ClN4O2. The first-order valence-corrected chi connectivity index (χ1v) is 7.62. The van der Waals surface area contributed by atoms with Gasteiger partial charge in [-0.15, -0.1) is 5.10 Å². The monoisotopic (exact) mass is 320 g/mol. The lowest BCUT2D eigenvalue weighted by Crippen LogP contribution is -2.42. The Kier molecular flexibility index (Phi) is 4.40. The van der Waals surface area contributed by atoms with E-state index >= 15 is 0 Å². The summed E-state index contributed by atoms with van der Waals surface area (Å²) >= 11 is 6.12. The van der Waals surface area contributed by atoms with Gasteiger partial charge in [0, 0.05) is 18.1 Å². The van der Waals surface area contributed by atoms with Crippen molar-refractivity contribution >= 4 is 17.5 Å². The number of nitrogens with zero attached hydrogens (tertiary/aromatic N) is 4. The maximum absolute atomic E-state index is 12.4. The number of hydrogen-bond acceptors (Lipinski definition) is 4. The molecule has 1 aliphatic rings. The SMILES string of the molecule is O=C(c1cn(Cc2ccccc2Cl)nn1)N1CCC[C@H](O)C1. The number of carbonyl (C=O) groups is 1. The Hall–Kier alpha value is -1.92. The van der Waals surface area contributed by atoms with Gasteiger partial charge >= 0.3 is 0 Å². The highest BCUT2D eigenvalue weighted by atomic mass is 35.5. The van der Waals surface area contributed by atoms with Crippen molar-refractivity contribution in [2.24, 2.45) is 0 Å². The quantitative estimate of drug-likeness (QED) is 0.932. The maximum atomic E-state index is 12.4. The van der Waals surface area contributed by atoms with Crippen molar-refractivity contribution in [2.75, 3.05) is 13.1 Å². The van der Waals surface area contributed by atoms with Crippen LogP contribution < -0.4 is 0 Å². The summed E-state index contributed by atoms with van der Waals surface area (Å²) in [7, 11) is 0. The van der Waals surface area contributed by atoms with Crippen LogP contribution in [0.5, 0.6) is 0 Å². The molecule has 1 aromatic heterocycles. The summed E-state index contributed by atoms with van der Waals surface area (Å²) in [6.07, 6.45) is 2.71. The molecule has 1 amide bonds. The number of piperidine rings is 1. The van der Waals surface area contributed by atoms with Gasteiger partial charge < -0.3 is 10.0 Å². The number of carbonyl (C=O) groups excluding carboxylic acids is 1. The fourth-order valence-corrected chi connectivity index (χ4v) is 2.77. The summed E-state index contributed by atoms with van der Waals surface area (Å²) in [6, 6.07) is 7.49. The summed E-state index contributed by atoms with van der Waals surface area (Å²) < 4.78 is 1.59. The Morgan fingerprint density at radius 3 is 3.00 bits per heavy atom. The van der Waals surface area contributed by atoms with E-state index in [4.69, 9.17) is 11.6 Å². The third-order valence-electron chi connectivity index (χ3n) is 3.73. The van der Waals surface area contributed by atoms with Gasteiger partial charge in [0.1, 0.15) is 0 Å². The number of hydrogen-bond donors (Lipinski definition) is 1. The zero-order valence-electron chi connectivity index (χ0n) is 12.0. The van der Waals surface area contributed by atoms with E-state index < -0.39 is 6.10 Å². The summed E-state index contributed by atoms with van der Waals surface area (Å²) in [5.74, 6) is -0.191. The van der Waals surface area contributed by atoms with E-state index in [0.717, 1.165) is 18.4 Å². The average molecular weight is 321 g/mol. The predicted octanol–water partition coefficient (Wildman–Crippen LogP) is 1.58. The van der Waals surface area contributed by atoms with Crippen molar-refractivity contribution in [3.8, 4) is 0 Å². The van der Waals surface area contributed by atoms with Gasteiger partial charge in [-0.05, 0) is 24.5 Å². The molecule has 1 N–H and O–H groups in total. The van der Waals surface area contributed by atoms with Gasteiger partial charge in [0.05, 0.1) is 18.8 Å². The number of aromatic nitrogens is 3. The molecule has 1 aromatic carbocycles. The molecule has 1 fully saturated rings. The van der Waals surface area contributed by atoms with E-state index in [1.54, 1.807) is 15.8 Å². The lowest BCUT2D eigenvalue weighted by molar-refractivity contribution is 0.0469. The van der Waals surface area contributed by atoms with Gasteiger partial charge in [0.2, 0.25) is 0 Å². The maximum Gasteiger partial charge on any atom is 0.276 e. The second-order valence-electron chi connectivity index (χ2n) is 5.44. The Labute approximate surface area is 133 Å². The first kappa shape index (κ1) is 15.0. The molecule has 0 unspecified atom stereocenters. The number of amides is 1. The van der Waals surface area contributed by atoms with Crippen molar-refractivity contribution in [1.82, 2.24) is 19.9 Å². The van der Waals surface area contributed by atoms with Gasteiger partial charge in [-0.25, -0.2) is 4.68 Å². The largest absolute Gasteiger partial charge is 0.391 e. The number of aliphatic hydroxyl groups excluding tert-OH is 1. The van der Waals surface area contributed by atoms with Crippen LogP contribution in [0, 0.1) is 0 Å². The summed E-state index contributed by atoms with van der Waals surface area (Å²) in [4.78, 5) is 14.0. The molecule has 7 heteroatoms. The predicted molar refractivity (Wildman–Crippen MR) is 81.7 cm³/mol. The first-order chi connectivity index (χ1) is 10.6. The standard InChI is InChI=1S/C15H17ClN4O2/c16-13-6-2-1-4-11(13)8-20-10-14(17-18-20)15(22)19-7-3-5-12(21)9-19/h1-2,4,6,10,12,21H,3,5,7-9H2/t12-/m0/s1. The number of rotatable bonds is 3. The molecule has 0 spiro atoms. The number of halogens is 1. The lowest BCUT2D eigenvalue weighted by Gasteiger charge is -2.29. The second-order valence-corrected chi connectivity index (χ2v) is 5.85. The van der Waals surface area contributed by atoms with Crippen LogP contribution in [-0.4, -0.2) is 50.1 Å². The van der Waals surface area contributed by atoms with Gasteiger partial charge in [0.15, 0.2) is 5.69 Å². The van der Waals surface area contributed by atoms with Crippen molar-refractivity contribution in [2.45, 2.75) is 25.5 Å². The Morgan fingerprint density at radius 2 is 2.23 bits per heavy atom. The van der Waals surface area contributed by atoms with Crippen LogP contribution >= 0.6 is 11.6 Å². The molecule has 1 aliphatic heterocycles. The Bertz CT molecular complexity index is 673. The van der Waals surface area contributed by atoms with E-state index in [0.29, 0.717) is 30.4 Å². The minimum atomic E-state index is -0.448. The van der Waals surface area contributed by atoms with Crippen LogP contribution in [0.25, 0.3) is 0 Å². The zero-order valence-corrected chi connectivity index (χ0v) is 12.8. The highest BCUT2D eigenvalue weighted by Crippen LogP contribution is 2.16. The molecule has 6 nitrogen and oxygen atoms in total. The molecule has 0 saturated carbocycles. The van der Waals surface area contributed by atoms with Crippen molar-refractivity contribution in [1.29, 1.82) is 0 Å². The Morgan fingerprint density at radius 1 is 1.41 bits per heavy atom. The van der Waals surface area contributed by atoms with E-state index in [1.165, 1.54) is 0 Å². The number of benzene rings is 1. The third kappa shape index (κ3) is 3.28. The van der Waals surface area contributed by atoms with Crippen LogP contribution in [-0.2, 0) is 6.54 Å². The molecule has 0 aliphatic carbocycles.